The van der Waals surface area contributed by atoms with E-state index in [4.69, 9.17) is 5.11 Å². The van der Waals surface area contributed by atoms with Gasteiger partial charge in [-0.25, -0.2) is 0 Å². The van der Waals surface area contributed by atoms with Crippen LogP contribution in [0.4, 0.5) is 0 Å². The van der Waals surface area contributed by atoms with Crippen LogP contribution in [0.3, 0.4) is 0 Å². The Morgan fingerprint density at radius 1 is 1.33 bits per heavy atom. The molecule has 1 aliphatic rings. The molecular formula is C9H18NO2+. The lowest BCUT2D eigenvalue weighted by Gasteiger charge is -2.33. The van der Waals surface area contributed by atoms with Gasteiger partial charge in [0, 0.05) is 6.42 Å². The maximum atomic E-state index is 10.8. The first-order valence-electron chi connectivity index (χ1n) is 4.47. The summed E-state index contributed by atoms with van der Waals surface area (Å²) < 4.78 is 0.775. The SMILES string of the molecule is C[N+](C)(C)C1CCCC1C(=O)O. The first-order valence-corrected chi connectivity index (χ1v) is 4.47. The van der Waals surface area contributed by atoms with Crippen LogP contribution in [0.15, 0.2) is 0 Å². The van der Waals surface area contributed by atoms with Gasteiger partial charge in [0.25, 0.3) is 0 Å². The molecule has 1 rings (SSSR count). The molecule has 0 heterocycles. The highest BCUT2D eigenvalue weighted by Gasteiger charge is 2.41. The van der Waals surface area contributed by atoms with E-state index in [1.165, 1.54) is 0 Å². The molecule has 1 aliphatic carbocycles. The largest absolute Gasteiger partial charge is 0.481 e. The highest BCUT2D eigenvalue weighted by molar-refractivity contribution is 5.71. The molecule has 12 heavy (non-hydrogen) atoms. The van der Waals surface area contributed by atoms with Crippen molar-refractivity contribution in [1.82, 2.24) is 0 Å². The van der Waals surface area contributed by atoms with Gasteiger partial charge in [0.1, 0.15) is 12.0 Å². The molecule has 1 saturated carbocycles. The second kappa shape index (κ2) is 3.05. The second-order valence-electron chi connectivity index (χ2n) is 4.56. The molecule has 0 amide bonds. The maximum Gasteiger partial charge on any atom is 0.312 e. The number of carboxylic acid groups (broad SMARTS) is 1. The van der Waals surface area contributed by atoms with Crippen LogP contribution in [0.1, 0.15) is 19.3 Å². The number of hydrogen-bond donors (Lipinski definition) is 1. The Balaban J connectivity index is 2.71. The number of carbonyl (C=O) groups is 1. The predicted molar refractivity (Wildman–Crippen MR) is 46.8 cm³/mol. The van der Waals surface area contributed by atoms with Gasteiger partial charge in [-0.05, 0) is 12.8 Å². The van der Waals surface area contributed by atoms with Crippen molar-refractivity contribution >= 4 is 5.97 Å². The van der Waals surface area contributed by atoms with Crippen LogP contribution in [-0.2, 0) is 4.79 Å². The van der Waals surface area contributed by atoms with E-state index in [-0.39, 0.29) is 5.92 Å². The lowest BCUT2D eigenvalue weighted by molar-refractivity contribution is -0.897. The molecule has 2 unspecified atom stereocenters. The Morgan fingerprint density at radius 3 is 2.25 bits per heavy atom. The third-order valence-corrected chi connectivity index (χ3v) is 2.79. The number of quaternary nitrogens is 1. The number of hydrogen-bond acceptors (Lipinski definition) is 1. The monoisotopic (exact) mass is 172 g/mol. The third-order valence-electron chi connectivity index (χ3n) is 2.79. The van der Waals surface area contributed by atoms with Gasteiger partial charge in [-0.3, -0.25) is 4.79 Å². The van der Waals surface area contributed by atoms with Gasteiger partial charge in [-0.15, -0.1) is 0 Å². The average molecular weight is 172 g/mol. The summed E-state index contributed by atoms with van der Waals surface area (Å²) in [5.74, 6) is -0.740. The lowest BCUT2D eigenvalue weighted by atomic mass is 10.0. The Hall–Kier alpha value is -0.570. The first kappa shape index (κ1) is 9.52. The van der Waals surface area contributed by atoms with E-state index < -0.39 is 5.97 Å². The van der Waals surface area contributed by atoms with Crippen molar-refractivity contribution in [2.75, 3.05) is 21.1 Å². The standard InChI is InChI=1S/C9H17NO2/c1-10(2,3)8-6-4-5-7(8)9(11)12/h7-8H,4-6H2,1-3H3/p+1. The van der Waals surface area contributed by atoms with Crippen molar-refractivity contribution in [1.29, 1.82) is 0 Å². The molecule has 1 fully saturated rings. The van der Waals surface area contributed by atoms with E-state index in [0.717, 1.165) is 23.7 Å². The molecule has 3 heteroatoms. The molecule has 0 saturated heterocycles. The zero-order chi connectivity index (χ0) is 9.35. The van der Waals surface area contributed by atoms with Crippen LogP contribution in [0.5, 0.6) is 0 Å². The van der Waals surface area contributed by atoms with Crippen molar-refractivity contribution in [2.24, 2.45) is 5.92 Å². The predicted octanol–water partition coefficient (Wildman–Crippen LogP) is 0.946. The molecule has 0 bridgehead atoms. The zero-order valence-electron chi connectivity index (χ0n) is 8.08. The molecule has 2 atom stereocenters. The maximum absolute atomic E-state index is 10.8. The topological polar surface area (TPSA) is 37.3 Å². The second-order valence-corrected chi connectivity index (χ2v) is 4.56. The van der Waals surface area contributed by atoms with E-state index >= 15 is 0 Å². The van der Waals surface area contributed by atoms with E-state index in [2.05, 4.69) is 21.1 Å². The highest BCUT2D eigenvalue weighted by atomic mass is 16.4. The Kier molecular flexibility index (Phi) is 2.42. The van der Waals surface area contributed by atoms with Crippen LogP contribution in [0.2, 0.25) is 0 Å². The molecule has 0 aliphatic heterocycles. The summed E-state index contributed by atoms with van der Waals surface area (Å²) >= 11 is 0. The van der Waals surface area contributed by atoms with Crippen molar-refractivity contribution in [3.05, 3.63) is 0 Å². The lowest BCUT2D eigenvalue weighted by Crippen LogP contribution is -2.48. The minimum absolute atomic E-state index is 0.120. The Labute approximate surface area is 73.6 Å². The van der Waals surface area contributed by atoms with Crippen LogP contribution in [0, 0.1) is 5.92 Å². The van der Waals surface area contributed by atoms with Crippen molar-refractivity contribution in [3.63, 3.8) is 0 Å². The summed E-state index contributed by atoms with van der Waals surface area (Å²) in [5.41, 5.74) is 0. The van der Waals surface area contributed by atoms with E-state index in [1.807, 2.05) is 0 Å². The Morgan fingerprint density at radius 2 is 1.92 bits per heavy atom. The highest BCUT2D eigenvalue weighted by Crippen LogP contribution is 2.31. The Bertz CT molecular complexity index is 183. The van der Waals surface area contributed by atoms with Crippen molar-refractivity contribution in [3.8, 4) is 0 Å². The van der Waals surface area contributed by atoms with Gasteiger partial charge < -0.3 is 9.59 Å². The van der Waals surface area contributed by atoms with Crippen LogP contribution in [-0.4, -0.2) is 42.7 Å². The zero-order valence-corrected chi connectivity index (χ0v) is 8.08. The quantitative estimate of drug-likeness (QED) is 0.629. The summed E-state index contributed by atoms with van der Waals surface area (Å²) in [6, 6.07) is 0.308. The van der Waals surface area contributed by atoms with E-state index in [1.54, 1.807) is 0 Å². The van der Waals surface area contributed by atoms with Gasteiger partial charge >= 0.3 is 5.97 Å². The average Bonchev–Trinajstić information content (AvgIpc) is 2.30. The van der Waals surface area contributed by atoms with Gasteiger partial charge in [0.2, 0.25) is 0 Å². The van der Waals surface area contributed by atoms with E-state index in [0.29, 0.717) is 6.04 Å². The van der Waals surface area contributed by atoms with Gasteiger partial charge in [0.05, 0.1) is 21.1 Å². The summed E-state index contributed by atoms with van der Waals surface area (Å²) in [6.07, 6.45) is 2.98. The fraction of sp³-hybridized carbons (Fsp3) is 0.889. The fourth-order valence-electron chi connectivity index (χ4n) is 2.16. The number of rotatable bonds is 2. The first-order chi connectivity index (χ1) is 5.43. The number of aliphatic carboxylic acids is 1. The molecule has 0 aromatic heterocycles. The van der Waals surface area contributed by atoms with Crippen molar-refractivity contribution < 1.29 is 14.4 Å². The smallest absolute Gasteiger partial charge is 0.312 e. The van der Waals surface area contributed by atoms with Gasteiger partial charge in [-0.1, -0.05) is 0 Å². The molecule has 70 valence electrons. The number of carboxylic acids is 1. The molecule has 3 nitrogen and oxygen atoms in total. The number of nitrogens with zero attached hydrogens (tertiary/aromatic N) is 1. The normalized spacial score (nSPS) is 30.6. The summed E-state index contributed by atoms with van der Waals surface area (Å²) in [7, 11) is 6.23. The molecular weight excluding hydrogens is 154 g/mol. The minimum Gasteiger partial charge on any atom is -0.481 e. The molecule has 0 aromatic rings. The molecule has 1 N–H and O–H groups in total. The summed E-state index contributed by atoms with van der Waals surface area (Å²) in [4.78, 5) is 10.8. The third kappa shape index (κ3) is 1.78. The van der Waals surface area contributed by atoms with Gasteiger partial charge in [-0.2, -0.15) is 0 Å². The molecule has 0 radical (unpaired) electrons. The minimum atomic E-state index is -0.620. The van der Waals surface area contributed by atoms with Crippen LogP contribution in [0.25, 0.3) is 0 Å². The molecule has 0 spiro atoms. The fourth-order valence-corrected chi connectivity index (χ4v) is 2.16. The van der Waals surface area contributed by atoms with Gasteiger partial charge in [0.15, 0.2) is 0 Å². The summed E-state index contributed by atoms with van der Waals surface area (Å²) in [5, 5.41) is 8.94. The van der Waals surface area contributed by atoms with Crippen LogP contribution >= 0.6 is 0 Å². The molecule has 0 aromatic carbocycles. The van der Waals surface area contributed by atoms with Crippen LogP contribution < -0.4 is 0 Å². The van der Waals surface area contributed by atoms with E-state index in [9.17, 15) is 4.79 Å². The van der Waals surface area contributed by atoms with Crippen molar-refractivity contribution in [2.45, 2.75) is 25.3 Å². The summed E-state index contributed by atoms with van der Waals surface area (Å²) in [6.45, 7) is 0.